The fourth-order valence-electron chi connectivity index (χ4n) is 3.64. The molecule has 0 unspecified atom stereocenters. The number of rotatable bonds is 2. The molecule has 2 aliphatic heterocycles. The maximum atomic E-state index is 5.86. The number of nitrogens with one attached hydrogen (secondary N) is 1. The summed E-state index contributed by atoms with van der Waals surface area (Å²) in [5.41, 5.74) is 3.50. The van der Waals surface area contributed by atoms with Crippen molar-refractivity contribution in [3.8, 4) is 11.5 Å². The highest BCUT2D eigenvalue weighted by Crippen LogP contribution is 2.38. The van der Waals surface area contributed by atoms with Crippen LogP contribution in [-0.2, 0) is 0 Å². The Morgan fingerprint density at radius 1 is 1.08 bits per heavy atom. The molecule has 2 aliphatic rings. The summed E-state index contributed by atoms with van der Waals surface area (Å²) in [6.45, 7) is 4.48. The summed E-state index contributed by atoms with van der Waals surface area (Å²) in [5.74, 6) is 1.70. The lowest BCUT2D eigenvalue weighted by atomic mass is 10.0. The molecule has 2 heterocycles. The van der Waals surface area contributed by atoms with Crippen LogP contribution in [0.3, 0.4) is 0 Å². The van der Waals surface area contributed by atoms with Crippen molar-refractivity contribution in [2.75, 3.05) is 25.1 Å². The van der Waals surface area contributed by atoms with Crippen LogP contribution in [0.4, 0.5) is 5.69 Å². The van der Waals surface area contributed by atoms with Gasteiger partial charge in [0.2, 0.25) is 0 Å². The number of benzene rings is 2. The molecule has 1 fully saturated rings. The lowest BCUT2D eigenvalue weighted by Crippen LogP contribution is -2.34. The molecule has 0 spiro atoms. The van der Waals surface area contributed by atoms with Gasteiger partial charge in [-0.05, 0) is 61.3 Å². The summed E-state index contributed by atoms with van der Waals surface area (Å²) in [6, 6.07) is 14.8. The number of hydrogen-bond donors (Lipinski definition) is 1. The van der Waals surface area contributed by atoms with Crippen molar-refractivity contribution >= 4 is 23.0 Å². The zero-order valence-electron chi connectivity index (χ0n) is 15.0. The van der Waals surface area contributed by atoms with Crippen LogP contribution in [0.1, 0.15) is 36.4 Å². The van der Waals surface area contributed by atoms with E-state index in [1.54, 1.807) is 0 Å². The first-order chi connectivity index (χ1) is 12.7. The molecule has 26 heavy (non-hydrogen) atoms. The summed E-state index contributed by atoms with van der Waals surface area (Å²) in [5, 5.41) is 4.21. The van der Waals surface area contributed by atoms with Gasteiger partial charge in [-0.1, -0.05) is 24.3 Å². The van der Waals surface area contributed by atoms with Crippen LogP contribution in [-0.4, -0.2) is 29.8 Å². The minimum Gasteiger partial charge on any atom is -0.490 e. The molecule has 0 aromatic heterocycles. The second-order valence-corrected chi connectivity index (χ2v) is 7.24. The highest BCUT2D eigenvalue weighted by atomic mass is 32.1. The number of nitrogens with zero attached hydrogens (tertiary/aromatic N) is 1. The number of fused-ring (bicyclic) bond motifs is 1. The molecule has 0 radical (unpaired) electrons. The average molecular weight is 369 g/mol. The zero-order chi connectivity index (χ0) is 17.9. The number of anilines is 1. The second kappa shape index (κ2) is 7.54. The first-order valence-corrected chi connectivity index (χ1v) is 9.66. The zero-order valence-corrected chi connectivity index (χ0v) is 15.8. The maximum Gasteiger partial charge on any atom is 0.173 e. The van der Waals surface area contributed by atoms with Crippen molar-refractivity contribution in [1.82, 2.24) is 4.90 Å². The summed E-state index contributed by atoms with van der Waals surface area (Å²) >= 11 is 5.73. The van der Waals surface area contributed by atoms with Crippen molar-refractivity contribution in [1.29, 1.82) is 0 Å². The Bertz CT molecular complexity index is 808. The van der Waals surface area contributed by atoms with Crippen molar-refractivity contribution in [2.45, 2.75) is 32.2 Å². The Balaban J connectivity index is 1.54. The fraction of sp³-hybridized carbons (Fsp3) is 0.381. The van der Waals surface area contributed by atoms with E-state index in [9.17, 15) is 0 Å². The van der Waals surface area contributed by atoms with Gasteiger partial charge in [-0.3, -0.25) is 0 Å². The number of hydrogen-bond acceptors (Lipinski definition) is 3. The molecule has 0 aliphatic carbocycles. The third kappa shape index (κ3) is 3.49. The van der Waals surface area contributed by atoms with E-state index < -0.39 is 0 Å². The summed E-state index contributed by atoms with van der Waals surface area (Å²) in [4.78, 5) is 2.29. The summed E-state index contributed by atoms with van der Waals surface area (Å²) in [6.07, 6.45) is 3.15. The molecule has 0 amide bonds. The Kier molecular flexibility index (Phi) is 4.98. The fourth-order valence-corrected chi connectivity index (χ4v) is 3.97. The van der Waals surface area contributed by atoms with E-state index in [0.29, 0.717) is 13.2 Å². The number of thiocarbonyl (C=S) groups is 1. The molecule has 4 nitrogen and oxygen atoms in total. The summed E-state index contributed by atoms with van der Waals surface area (Å²) < 4.78 is 11.6. The Hall–Kier alpha value is -2.27. The summed E-state index contributed by atoms with van der Waals surface area (Å²) in [7, 11) is 0. The average Bonchev–Trinajstić information content (AvgIpc) is 3.02. The topological polar surface area (TPSA) is 33.7 Å². The normalized spacial score (nSPS) is 19.1. The number of ether oxygens (including phenoxy) is 2. The van der Waals surface area contributed by atoms with Crippen LogP contribution in [0.2, 0.25) is 0 Å². The maximum absolute atomic E-state index is 5.86. The first-order valence-electron chi connectivity index (χ1n) is 9.25. The molecule has 4 rings (SSSR count). The Morgan fingerprint density at radius 2 is 1.88 bits per heavy atom. The number of likely N-dealkylation sites (tertiary alicyclic amines) is 1. The van der Waals surface area contributed by atoms with Crippen LogP contribution in [0, 0.1) is 6.92 Å². The molecule has 1 N–H and O–H groups in total. The van der Waals surface area contributed by atoms with Gasteiger partial charge in [0.25, 0.3) is 0 Å². The number of para-hydroxylation sites is 1. The van der Waals surface area contributed by atoms with E-state index in [4.69, 9.17) is 21.7 Å². The number of aryl methyl sites for hydroxylation is 1. The van der Waals surface area contributed by atoms with Crippen molar-refractivity contribution in [3.63, 3.8) is 0 Å². The Labute approximate surface area is 160 Å². The molecular weight excluding hydrogens is 344 g/mol. The van der Waals surface area contributed by atoms with E-state index in [1.807, 2.05) is 18.2 Å². The molecular formula is C21H24N2O2S. The van der Waals surface area contributed by atoms with Gasteiger partial charge in [0.05, 0.1) is 19.3 Å². The molecule has 2 aromatic carbocycles. The van der Waals surface area contributed by atoms with E-state index in [1.165, 1.54) is 11.1 Å². The van der Waals surface area contributed by atoms with E-state index >= 15 is 0 Å². The minimum absolute atomic E-state index is 0.274. The third-order valence-corrected chi connectivity index (χ3v) is 5.39. The largest absolute Gasteiger partial charge is 0.490 e. The van der Waals surface area contributed by atoms with Gasteiger partial charge in [0.15, 0.2) is 16.6 Å². The van der Waals surface area contributed by atoms with Crippen molar-refractivity contribution in [2.24, 2.45) is 0 Å². The Morgan fingerprint density at radius 3 is 2.73 bits per heavy atom. The third-order valence-electron chi connectivity index (χ3n) is 5.06. The monoisotopic (exact) mass is 368 g/mol. The minimum atomic E-state index is 0.274. The molecule has 1 saturated heterocycles. The van der Waals surface area contributed by atoms with Gasteiger partial charge in [-0.25, -0.2) is 0 Å². The van der Waals surface area contributed by atoms with Gasteiger partial charge >= 0.3 is 0 Å². The lowest BCUT2D eigenvalue weighted by molar-refractivity contribution is 0.296. The van der Waals surface area contributed by atoms with E-state index in [-0.39, 0.29) is 6.04 Å². The molecule has 5 heteroatoms. The van der Waals surface area contributed by atoms with Gasteiger partial charge in [-0.2, -0.15) is 0 Å². The highest BCUT2D eigenvalue weighted by molar-refractivity contribution is 7.80. The van der Waals surface area contributed by atoms with Crippen molar-refractivity contribution < 1.29 is 9.47 Å². The molecule has 0 bridgehead atoms. The standard InChI is InChI=1S/C21H24N2O2S/c1-15-6-2-3-7-17(15)22-21(26)23-11-4-8-18(23)16-9-10-19-20(14-16)25-13-5-12-24-19/h2-3,6-7,9-10,14,18H,4-5,8,11-13H2,1H3,(H,22,26)/t18-/m1/s1. The SMILES string of the molecule is Cc1ccccc1NC(=S)N1CCC[C@@H]1c1ccc2c(c1)OCCCO2. The first kappa shape index (κ1) is 17.2. The highest BCUT2D eigenvalue weighted by Gasteiger charge is 2.29. The van der Waals surface area contributed by atoms with Crippen LogP contribution in [0.15, 0.2) is 42.5 Å². The van der Waals surface area contributed by atoms with Crippen LogP contribution in [0.5, 0.6) is 11.5 Å². The lowest BCUT2D eigenvalue weighted by Gasteiger charge is -2.28. The van der Waals surface area contributed by atoms with E-state index in [0.717, 1.165) is 48.1 Å². The molecule has 1 atom stereocenters. The quantitative estimate of drug-likeness (QED) is 0.778. The van der Waals surface area contributed by atoms with Gasteiger partial charge in [0, 0.05) is 18.7 Å². The van der Waals surface area contributed by atoms with Gasteiger partial charge < -0.3 is 19.7 Å². The van der Waals surface area contributed by atoms with Gasteiger partial charge in [0.1, 0.15) is 0 Å². The molecule has 0 saturated carbocycles. The predicted octanol–water partition coefficient (Wildman–Crippen LogP) is 4.69. The second-order valence-electron chi connectivity index (χ2n) is 6.85. The van der Waals surface area contributed by atoms with Crippen LogP contribution < -0.4 is 14.8 Å². The van der Waals surface area contributed by atoms with Crippen molar-refractivity contribution in [3.05, 3.63) is 53.6 Å². The molecule has 136 valence electrons. The predicted molar refractivity (Wildman–Crippen MR) is 108 cm³/mol. The van der Waals surface area contributed by atoms with Crippen LogP contribution >= 0.6 is 12.2 Å². The van der Waals surface area contributed by atoms with E-state index in [2.05, 4.69) is 41.4 Å². The molecule has 2 aromatic rings. The smallest absolute Gasteiger partial charge is 0.173 e. The van der Waals surface area contributed by atoms with Gasteiger partial charge in [-0.15, -0.1) is 0 Å². The van der Waals surface area contributed by atoms with Crippen LogP contribution in [0.25, 0.3) is 0 Å².